The monoisotopic (exact) mass is 386 g/mol. The lowest BCUT2D eigenvalue weighted by atomic mass is 9.94. The highest BCUT2D eigenvalue weighted by Crippen LogP contribution is 2.25. The molecular formula is C17H27ClN4O2S. The molecule has 2 rings (SSSR count). The van der Waals surface area contributed by atoms with E-state index in [0.29, 0.717) is 24.2 Å². The Balaban J connectivity index is 0.00000312. The number of rotatable bonds is 7. The van der Waals surface area contributed by atoms with Gasteiger partial charge in [-0.15, -0.1) is 23.7 Å². The van der Waals surface area contributed by atoms with Gasteiger partial charge in [0.05, 0.1) is 5.39 Å². The summed E-state index contributed by atoms with van der Waals surface area (Å²) in [7, 11) is 0. The van der Waals surface area contributed by atoms with E-state index in [1.807, 2.05) is 27.7 Å². The van der Waals surface area contributed by atoms with E-state index in [9.17, 15) is 9.59 Å². The van der Waals surface area contributed by atoms with Gasteiger partial charge in [0.1, 0.15) is 10.7 Å². The predicted molar refractivity (Wildman–Crippen MR) is 106 cm³/mol. The SMILES string of the molecule is CCC(N)(CC)CNC(=O)CCc1nc2sc(C)c(C)c2c(=O)[nH]1.Cl. The molecule has 25 heavy (non-hydrogen) atoms. The largest absolute Gasteiger partial charge is 0.354 e. The molecule has 2 heterocycles. The normalized spacial score (nSPS) is 11.4. The summed E-state index contributed by atoms with van der Waals surface area (Å²) >= 11 is 1.51. The van der Waals surface area contributed by atoms with Crippen molar-refractivity contribution in [2.75, 3.05) is 6.54 Å². The van der Waals surface area contributed by atoms with E-state index in [-0.39, 0.29) is 35.8 Å². The van der Waals surface area contributed by atoms with Crippen molar-refractivity contribution in [2.24, 2.45) is 5.73 Å². The molecule has 0 saturated heterocycles. The molecule has 0 radical (unpaired) electrons. The van der Waals surface area contributed by atoms with Crippen LogP contribution in [0.2, 0.25) is 0 Å². The molecule has 0 unspecified atom stereocenters. The number of nitrogens with two attached hydrogens (primary N) is 1. The Morgan fingerprint density at radius 3 is 2.56 bits per heavy atom. The van der Waals surface area contributed by atoms with Crippen LogP contribution >= 0.6 is 23.7 Å². The van der Waals surface area contributed by atoms with E-state index in [4.69, 9.17) is 5.73 Å². The van der Waals surface area contributed by atoms with Crippen LogP contribution in [0.5, 0.6) is 0 Å². The highest BCUT2D eigenvalue weighted by molar-refractivity contribution is 7.18. The summed E-state index contributed by atoms with van der Waals surface area (Å²) in [6.45, 7) is 8.41. The van der Waals surface area contributed by atoms with Gasteiger partial charge in [-0.05, 0) is 32.3 Å². The van der Waals surface area contributed by atoms with Crippen molar-refractivity contribution in [2.45, 2.75) is 58.9 Å². The second-order valence-corrected chi connectivity index (χ2v) is 7.53. The van der Waals surface area contributed by atoms with E-state index in [0.717, 1.165) is 28.1 Å². The van der Waals surface area contributed by atoms with Crippen molar-refractivity contribution in [1.82, 2.24) is 15.3 Å². The molecule has 0 aliphatic rings. The Bertz CT molecular complexity index is 796. The fraction of sp³-hybridized carbons (Fsp3) is 0.588. The summed E-state index contributed by atoms with van der Waals surface area (Å²) in [5.41, 5.74) is 6.67. The molecule has 0 atom stereocenters. The number of amides is 1. The minimum Gasteiger partial charge on any atom is -0.354 e. The van der Waals surface area contributed by atoms with Gasteiger partial charge in [0.2, 0.25) is 5.91 Å². The van der Waals surface area contributed by atoms with Crippen LogP contribution in [0, 0.1) is 13.8 Å². The maximum atomic E-state index is 12.2. The van der Waals surface area contributed by atoms with E-state index in [1.54, 1.807) is 0 Å². The van der Waals surface area contributed by atoms with Gasteiger partial charge in [-0.25, -0.2) is 4.98 Å². The number of nitrogens with one attached hydrogen (secondary N) is 2. The lowest BCUT2D eigenvalue weighted by Crippen LogP contribution is -2.49. The number of aromatic nitrogens is 2. The number of hydrogen-bond donors (Lipinski definition) is 3. The van der Waals surface area contributed by atoms with E-state index in [1.165, 1.54) is 11.3 Å². The first kappa shape index (κ1) is 21.6. The second-order valence-electron chi connectivity index (χ2n) is 6.32. The molecule has 0 fully saturated rings. The smallest absolute Gasteiger partial charge is 0.259 e. The number of aromatic amines is 1. The molecule has 0 aliphatic heterocycles. The van der Waals surface area contributed by atoms with Crippen molar-refractivity contribution >= 4 is 39.9 Å². The van der Waals surface area contributed by atoms with Crippen LogP contribution in [0.15, 0.2) is 4.79 Å². The van der Waals surface area contributed by atoms with Crippen LogP contribution in [-0.2, 0) is 11.2 Å². The molecule has 2 aromatic rings. The standard InChI is InChI=1S/C17H26N4O2S.ClH/c1-5-17(18,6-2)9-19-13(22)8-7-12-20-15(23)14-10(3)11(4)24-16(14)21-12;/h5-9,18H2,1-4H3,(H,19,22)(H,20,21,23);1H. The molecule has 8 heteroatoms. The average Bonchev–Trinajstić information content (AvgIpc) is 2.85. The fourth-order valence-electron chi connectivity index (χ4n) is 2.51. The van der Waals surface area contributed by atoms with Crippen LogP contribution in [0.1, 0.15) is 49.4 Å². The molecule has 1 amide bonds. The lowest BCUT2D eigenvalue weighted by Gasteiger charge is -2.26. The highest BCUT2D eigenvalue weighted by atomic mass is 35.5. The van der Waals surface area contributed by atoms with Crippen molar-refractivity contribution < 1.29 is 4.79 Å². The minimum atomic E-state index is -0.354. The van der Waals surface area contributed by atoms with Crippen molar-refractivity contribution in [1.29, 1.82) is 0 Å². The van der Waals surface area contributed by atoms with Crippen molar-refractivity contribution in [3.05, 3.63) is 26.6 Å². The highest BCUT2D eigenvalue weighted by Gasteiger charge is 2.21. The first-order valence-corrected chi connectivity index (χ1v) is 9.15. The van der Waals surface area contributed by atoms with Gasteiger partial charge in [-0.2, -0.15) is 0 Å². The van der Waals surface area contributed by atoms with Crippen LogP contribution < -0.4 is 16.6 Å². The van der Waals surface area contributed by atoms with Crippen LogP contribution in [0.25, 0.3) is 10.2 Å². The van der Waals surface area contributed by atoms with Crippen LogP contribution in [0.4, 0.5) is 0 Å². The Morgan fingerprint density at radius 1 is 1.32 bits per heavy atom. The number of hydrogen-bond acceptors (Lipinski definition) is 5. The molecule has 2 aromatic heterocycles. The summed E-state index contributed by atoms with van der Waals surface area (Å²) in [5, 5.41) is 3.54. The van der Waals surface area contributed by atoms with E-state index < -0.39 is 0 Å². The third kappa shape index (κ3) is 5.03. The first-order valence-electron chi connectivity index (χ1n) is 8.34. The topological polar surface area (TPSA) is 101 Å². The Morgan fingerprint density at radius 2 is 1.96 bits per heavy atom. The number of carbonyl (C=O) groups excluding carboxylic acids is 1. The molecule has 6 nitrogen and oxygen atoms in total. The third-order valence-corrected chi connectivity index (χ3v) is 5.82. The maximum Gasteiger partial charge on any atom is 0.259 e. The molecule has 140 valence electrons. The summed E-state index contributed by atoms with van der Waals surface area (Å²) in [5.74, 6) is 0.474. The predicted octanol–water partition coefficient (Wildman–Crippen LogP) is 2.59. The number of thiophene rings is 1. The number of nitrogens with zero attached hydrogens (tertiary/aromatic N) is 1. The van der Waals surface area contributed by atoms with Crippen molar-refractivity contribution in [3.63, 3.8) is 0 Å². The number of carbonyl (C=O) groups is 1. The fourth-order valence-corrected chi connectivity index (χ4v) is 3.56. The Labute approximate surface area is 158 Å². The van der Waals surface area contributed by atoms with Gasteiger partial charge in [0, 0.05) is 29.8 Å². The van der Waals surface area contributed by atoms with Gasteiger partial charge in [-0.3, -0.25) is 9.59 Å². The molecular weight excluding hydrogens is 360 g/mol. The molecule has 4 N–H and O–H groups in total. The quantitative estimate of drug-likeness (QED) is 0.680. The number of halogens is 1. The second kappa shape index (κ2) is 8.78. The van der Waals surface area contributed by atoms with Crippen LogP contribution in [-0.4, -0.2) is 28.0 Å². The van der Waals surface area contributed by atoms with E-state index >= 15 is 0 Å². The lowest BCUT2D eigenvalue weighted by molar-refractivity contribution is -0.121. The minimum absolute atomic E-state index is 0. The van der Waals surface area contributed by atoms with Gasteiger partial charge in [0.25, 0.3) is 5.56 Å². The summed E-state index contributed by atoms with van der Waals surface area (Å²) < 4.78 is 0. The zero-order chi connectivity index (χ0) is 17.9. The number of aryl methyl sites for hydroxylation is 3. The van der Waals surface area contributed by atoms with Gasteiger partial charge in [0.15, 0.2) is 0 Å². The molecule has 0 aliphatic carbocycles. The zero-order valence-electron chi connectivity index (χ0n) is 15.2. The molecule has 0 saturated carbocycles. The van der Waals surface area contributed by atoms with Gasteiger partial charge in [-0.1, -0.05) is 13.8 Å². The summed E-state index contributed by atoms with van der Waals surface area (Å²) in [6.07, 6.45) is 2.31. The third-order valence-electron chi connectivity index (χ3n) is 4.72. The molecule has 0 spiro atoms. The van der Waals surface area contributed by atoms with Crippen LogP contribution in [0.3, 0.4) is 0 Å². The molecule has 0 bridgehead atoms. The maximum absolute atomic E-state index is 12.2. The number of H-pyrrole nitrogens is 1. The summed E-state index contributed by atoms with van der Waals surface area (Å²) in [6, 6.07) is 0. The van der Waals surface area contributed by atoms with Gasteiger partial charge >= 0.3 is 0 Å². The zero-order valence-corrected chi connectivity index (χ0v) is 16.8. The number of fused-ring (bicyclic) bond motifs is 1. The Hall–Kier alpha value is -1.44. The molecule has 0 aromatic carbocycles. The average molecular weight is 387 g/mol. The summed E-state index contributed by atoms with van der Waals surface area (Å²) in [4.78, 5) is 33.3. The van der Waals surface area contributed by atoms with E-state index in [2.05, 4.69) is 15.3 Å². The first-order chi connectivity index (χ1) is 11.3. The Kier molecular flexibility index (Phi) is 7.59. The van der Waals surface area contributed by atoms with Gasteiger partial charge < -0.3 is 16.0 Å². The van der Waals surface area contributed by atoms with Crippen molar-refractivity contribution in [3.8, 4) is 0 Å².